The van der Waals surface area contributed by atoms with Gasteiger partial charge in [-0.15, -0.1) is 0 Å². The fourth-order valence-corrected chi connectivity index (χ4v) is 2.83. The Hall–Kier alpha value is -1.36. The standard InChI is InChI=1S/C14H20N2O3/c17-9-14(5-1-2-6-14)8-15-13(18)11-7-12(19-16-11)10-3-4-10/h7,10,17H,1-6,8-9H2,(H,15,18). The highest BCUT2D eigenvalue weighted by atomic mass is 16.5. The molecule has 104 valence electrons. The van der Waals surface area contributed by atoms with Gasteiger partial charge in [0.1, 0.15) is 5.76 Å². The van der Waals surface area contributed by atoms with Crippen molar-refractivity contribution >= 4 is 5.91 Å². The predicted molar refractivity (Wildman–Crippen MR) is 68.8 cm³/mol. The number of aliphatic hydroxyl groups is 1. The summed E-state index contributed by atoms with van der Waals surface area (Å²) in [4.78, 5) is 12.0. The van der Waals surface area contributed by atoms with Crippen LogP contribution in [-0.2, 0) is 0 Å². The van der Waals surface area contributed by atoms with Gasteiger partial charge in [0, 0.05) is 23.9 Å². The molecule has 2 aliphatic rings. The maximum atomic E-state index is 12.0. The van der Waals surface area contributed by atoms with E-state index < -0.39 is 0 Å². The van der Waals surface area contributed by atoms with Gasteiger partial charge in [-0.2, -0.15) is 0 Å². The minimum absolute atomic E-state index is 0.126. The summed E-state index contributed by atoms with van der Waals surface area (Å²) in [5.74, 6) is 1.09. The van der Waals surface area contributed by atoms with E-state index in [1.54, 1.807) is 6.07 Å². The smallest absolute Gasteiger partial charge is 0.273 e. The lowest BCUT2D eigenvalue weighted by molar-refractivity contribution is 0.0872. The number of amides is 1. The maximum Gasteiger partial charge on any atom is 0.273 e. The van der Waals surface area contributed by atoms with Gasteiger partial charge in [0.25, 0.3) is 5.91 Å². The zero-order valence-electron chi connectivity index (χ0n) is 11.0. The Morgan fingerprint density at radius 3 is 2.84 bits per heavy atom. The molecule has 2 saturated carbocycles. The third-order valence-corrected chi connectivity index (χ3v) is 4.36. The molecule has 1 aromatic rings. The number of carbonyl (C=O) groups is 1. The van der Waals surface area contributed by atoms with Crippen LogP contribution < -0.4 is 5.32 Å². The number of hydrogen-bond acceptors (Lipinski definition) is 4. The topological polar surface area (TPSA) is 75.4 Å². The average molecular weight is 264 g/mol. The van der Waals surface area contributed by atoms with E-state index in [-0.39, 0.29) is 17.9 Å². The van der Waals surface area contributed by atoms with Crippen LogP contribution in [0.5, 0.6) is 0 Å². The third-order valence-electron chi connectivity index (χ3n) is 4.36. The van der Waals surface area contributed by atoms with E-state index in [1.165, 1.54) is 0 Å². The maximum absolute atomic E-state index is 12.0. The molecule has 0 radical (unpaired) electrons. The molecule has 0 aliphatic heterocycles. The van der Waals surface area contributed by atoms with Crippen molar-refractivity contribution in [1.29, 1.82) is 0 Å². The number of rotatable bonds is 5. The van der Waals surface area contributed by atoms with Gasteiger partial charge in [0.05, 0.1) is 6.61 Å². The Morgan fingerprint density at radius 1 is 1.47 bits per heavy atom. The minimum Gasteiger partial charge on any atom is -0.396 e. The Balaban J connectivity index is 1.57. The highest BCUT2D eigenvalue weighted by Crippen LogP contribution is 2.40. The van der Waals surface area contributed by atoms with Crippen molar-refractivity contribution in [2.45, 2.75) is 44.4 Å². The van der Waals surface area contributed by atoms with Crippen LogP contribution in [0, 0.1) is 5.41 Å². The molecule has 2 fully saturated rings. The monoisotopic (exact) mass is 264 g/mol. The van der Waals surface area contributed by atoms with Crippen LogP contribution in [0.3, 0.4) is 0 Å². The Kier molecular flexibility index (Phi) is 3.31. The first-order valence-electron chi connectivity index (χ1n) is 7.08. The molecule has 3 rings (SSSR count). The summed E-state index contributed by atoms with van der Waals surface area (Å²) in [6, 6.07) is 1.74. The first kappa shape index (κ1) is 12.7. The van der Waals surface area contributed by atoms with Crippen LogP contribution >= 0.6 is 0 Å². The van der Waals surface area contributed by atoms with Gasteiger partial charge in [0.2, 0.25) is 0 Å². The van der Waals surface area contributed by atoms with Crippen molar-refractivity contribution in [1.82, 2.24) is 10.5 Å². The second-order valence-electron chi connectivity index (χ2n) is 5.94. The number of hydrogen-bond donors (Lipinski definition) is 2. The molecule has 1 amide bonds. The highest BCUT2D eigenvalue weighted by molar-refractivity contribution is 5.92. The van der Waals surface area contributed by atoms with Gasteiger partial charge in [-0.3, -0.25) is 4.79 Å². The molecule has 0 bridgehead atoms. The molecule has 0 atom stereocenters. The molecule has 0 aromatic carbocycles. The summed E-state index contributed by atoms with van der Waals surface area (Å²) in [6.45, 7) is 0.660. The fraction of sp³-hybridized carbons (Fsp3) is 0.714. The predicted octanol–water partition coefficient (Wildman–Crippen LogP) is 1.83. The molecule has 5 nitrogen and oxygen atoms in total. The van der Waals surface area contributed by atoms with E-state index in [1.807, 2.05) is 0 Å². The van der Waals surface area contributed by atoms with E-state index >= 15 is 0 Å². The van der Waals surface area contributed by atoms with E-state index in [0.717, 1.165) is 44.3 Å². The molecule has 1 heterocycles. The third kappa shape index (κ3) is 2.66. The van der Waals surface area contributed by atoms with Gasteiger partial charge in [-0.25, -0.2) is 0 Å². The molecule has 0 unspecified atom stereocenters. The fourth-order valence-electron chi connectivity index (χ4n) is 2.83. The number of aliphatic hydroxyl groups excluding tert-OH is 1. The average Bonchev–Trinajstić information content (AvgIpc) is 2.99. The van der Waals surface area contributed by atoms with Crippen LogP contribution in [0.4, 0.5) is 0 Å². The summed E-state index contributed by atoms with van der Waals surface area (Å²) >= 11 is 0. The molecule has 19 heavy (non-hydrogen) atoms. The molecule has 2 N–H and O–H groups in total. The highest BCUT2D eigenvalue weighted by Gasteiger charge is 2.34. The number of nitrogens with zero attached hydrogens (tertiary/aromatic N) is 1. The summed E-state index contributed by atoms with van der Waals surface area (Å²) in [5, 5.41) is 16.2. The van der Waals surface area contributed by atoms with Gasteiger partial charge in [-0.1, -0.05) is 18.0 Å². The molecule has 5 heteroatoms. The molecule has 2 aliphatic carbocycles. The van der Waals surface area contributed by atoms with Crippen LogP contribution in [0.1, 0.15) is 60.7 Å². The Bertz CT molecular complexity index is 459. The Morgan fingerprint density at radius 2 is 2.21 bits per heavy atom. The zero-order chi connectivity index (χ0) is 13.3. The SMILES string of the molecule is O=C(NCC1(CO)CCCC1)c1cc(C2CC2)on1. The van der Waals surface area contributed by atoms with Crippen molar-refractivity contribution in [2.75, 3.05) is 13.2 Å². The molecular weight excluding hydrogens is 244 g/mol. The summed E-state index contributed by atoms with van der Waals surface area (Å²) in [5.41, 5.74) is 0.228. The van der Waals surface area contributed by atoms with Gasteiger partial charge >= 0.3 is 0 Å². The first-order valence-corrected chi connectivity index (χ1v) is 7.08. The summed E-state index contributed by atoms with van der Waals surface area (Å²) in [7, 11) is 0. The minimum atomic E-state index is -0.199. The molecule has 1 aromatic heterocycles. The van der Waals surface area contributed by atoms with Crippen LogP contribution in [0.25, 0.3) is 0 Å². The number of carbonyl (C=O) groups excluding carboxylic acids is 1. The summed E-state index contributed by atoms with van der Waals surface area (Å²) in [6.07, 6.45) is 6.48. The van der Waals surface area contributed by atoms with Crippen LogP contribution in [-0.4, -0.2) is 29.3 Å². The van der Waals surface area contributed by atoms with Gasteiger partial charge in [-0.05, 0) is 25.7 Å². The lowest BCUT2D eigenvalue weighted by atomic mass is 9.87. The normalized spacial score (nSPS) is 21.5. The van der Waals surface area contributed by atoms with Crippen LogP contribution in [0.15, 0.2) is 10.6 Å². The van der Waals surface area contributed by atoms with Crippen molar-refractivity contribution in [3.63, 3.8) is 0 Å². The second-order valence-corrected chi connectivity index (χ2v) is 5.94. The van der Waals surface area contributed by atoms with Crippen molar-refractivity contribution in [2.24, 2.45) is 5.41 Å². The van der Waals surface area contributed by atoms with E-state index in [0.29, 0.717) is 18.2 Å². The van der Waals surface area contributed by atoms with E-state index in [4.69, 9.17) is 4.52 Å². The largest absolute Gasteiger partial charge is 0.396 e. The van der Waals surface area contributed by atoms with Gasteiger partial charge < -0.3 is 14.9 Å². The van der Waals surface area contributed by atoms with Gasteiger partial charge in [0.15, 0.2) is 5.69 Å². The van der Waals surface area contributed by atoms with Crippen molar-refractivity contribution in [3.8, 4) is 0 Å². The van der Waals surface area contributed by atoms with Crippen molar-refractivity contribution < 1.29 is 14.4 Å². The number of aromatic nitrogens is 1. The first-order chi connectivity index (χ1) is 9.22. The summed E-state index contributed by atoms with van der Waals surface area (Å²) < 4.78 is 5.17. The van der Waals surface area contributed by atoms with E-state index in [2.05, 4.69) is 10.5 Å². The second kappa shape index (κ2) is 4.96. The molecule has 0 saturated heterocycles. The lowest BCUT2D eigenvalue weighted by Crippen LogP contribution is -2.38. The van der Waals surface area contributed by atoms with E-state index in [9.17, 15) is 9.90 Å². The van der Waals surface area contributed by atoms with Crippen LogP contribution in [0.2, 0.25) is 0 Å². The Labute approximate surface area is 112 Å². The molecular formula is C14H20N2O3. The molecule has 0 spiro atoms. The zero-order valence-corrected chi connectivity index (χ0v) is 11.0. The van der Waals surface area contributed by atoms with Crippen molar-refractivity contribution in [3.05, 3.63) is 17.5 Å². The number of nitrogens with one attached hydrogen (secondary N) is 1. The quantitative estimate of drug-likeness (QED) is 0.850. The lowest BCUT2D eigenvalue weighted by Gasteiger charge is -2.26.